The van der Waals surface area contributed by atoms with E-state index >= 15 is 0 Å². The summed E-state index contributed by atoms with van der Waals surface area (Å²) in [5.74, 6) is -0.719. The monoisotopic (exact) mass is 902 g/mol. The summed E-state index contributed by atoms with van der Waals surface area (Å²) in [6, 6.07) is 69.9. The Morgan fingerprint density at radius 3 is 0.914 bits per heavy atom. The van der Waals surface area contributed by atoms with Gasteiger partial charge in [0.2, 0.25) is 0 Å². The molecule has 11 aromatic carbocycles. The average molecular weight is 903 g/mol. The first-order chi connectivity index (χ1) is 34.5. The number of benzene rings is 11. The van der Waals surface area contributed by atoms with Crippen molar-refractivity contribution < 1.29 is 17.6 Å². The van der Waals surface area contributed by atoms with Gasteiger partial charge in [-0.05, 0) is 150 Å². The van der Waals surface area contributed by atoms with E-state index in [9.17, 15) is 8.78 Å². The Labute approximate surface area is 399 Å². The Hall–Kier alpha value is -9.26. The minimum atomic E-state index is -0.360. The van der Waals surface area contributed by atoms with Crippen molar-refractivity contribution in [2.45, 2.75) is 0 Å². The number of furan rings is 2. The molecule has 328 valence electrons. The maximum Gasteiger partial charge on any atom is 0.171 e. The fourth-order valence-corrected chi connectivity index (χ4v) is 10.4. The number of rotatable bonds is 6. The van der Waals surface area contributed by atoms with Gasteiger partial charge in [-0.2, -0.15) is 0 Å². The highest BCUT2D eigenvalue weighted by atomic mass is 19.1. The zero-order chi connectivity index (χ0) is 46.5. The smallest absolute Gasteiger partial charge is 0.171 e. The molecule has 0 N–H and O–H groups in total. The third kappa shape index (κ3) is 6.49. The van der Waals surface area contributed by atoms with Crippen molar-refractivity contribution in [2.75, 3.05) is 0 Å². The third-order valence-corrected chi connectivity index (χ3v) is 13.9. The summed E-state index contributed by atoms with van der Waals surface area (Å²) >= 11 is 0. The van der Waals surface area contributed by atoms with Crippen LogP contribution in [0.1, 0.15) is 0 Å². The number of fused-ring (bicyclic) bond motifs is 12. The molecule has 0 aliphatic heterocycles. The van der Waals surface area contributed by atoms with Gasteiger partial charge in [-0.15, -0.1) is 0 Å². The maximum absolute atomic E-state index is 14.6. The number of nitrogens with zero attached hydrogens (tertiary/aromatic N) is 2. The molecule has 0 amide bonds. The first kappa shape index (κ1) is 39.9. The molecule has 0 fully saturated rings. The summed E-state index contributed by atoms with van der Waals surface area (Å²) in [5.41, 5.74) is 16.4. The van der Waals surface area contributed by atoms with Gasteiger partial charge in [0.05, 0.1) is 11.0 Å². The quantitative estimate of drug-likeness (QED) is 0.156. The van der Waals surface area contributed by atoms with Crippen molar-refractivity contribution >= 4 is 76.5 Å². The van der Waals surface area contributed by atoms with E-state index in [2.05, 4.69) is 146 Å². The Bertz CT molecular complexity index is 4190. The second-order valence-corrected chi connectivity index (χ2v) is 18.0. The van der Waals surface area contributed by atoms with Gasteiger partial charge in [0, 0.05) is 44.7 Å². The molecule has 0 aliphatic carbocycles. The Kier molecular flexibility index (Phi) is 8.92. The summed E-state index contributed by atoms with van der Waals surface area (Å²) in [6.45, 7) is 0. The van der Waals surface area contributed by atoms with Crippen LogP contribution in [0.2, 0.25) is 0 Å². The highest BCUT2D eigenvalue weighted by Crippen LogP contribution is 2.41. The van der Waals surface area contributed by atoms with Gasteiger partial charge in [-0.3, -0.25) is 9.97 Å². The molecule has 70 heavy (non-hydrogen) atoms. The van der Waals surface area contributed by atoms with Gasteiger partial charge in [-0.25, -0.2) is 8.78 Å². The lowest BCUT2D eigenvalue weighted by atomic mass is 9.91. The molecule has 0 atom stereocenters. The van der Waals surface area contributed by atoms with Crippen molar-refractivity contribution in [3.8, 4) is 66.8 Å². The van der Waals surface area contributed by atoms with Gasteiger partial charge < -0.3 is 8.83 Å². The molecular formula is C64H36F2N2O2. The van der Waals surface area contributed by atoms with E-state index in [0.717, 1.165) is 121 Å². The molecule has 0 radical (unpaired) electrons. The van der Waals surface area contributed by atoms with Crippen molar-refractivity contribution in [1.29, 1.82) is 0 Å². The number of halogens is 2. The van der Waals surface area contributed by atoms with E-state index in [1.807, 2.05) is 36.4 Å². The van der Waals surface area contributed by atoms with Gasteiger partial charge in [0.25, 0.3) is 0 Å². The fraction of sp³-hybridized carbons (Fsp3) is 0. The number of para-hydroxylation sites is 2. The number of hydrogen-bond donors (Lipinski definition) is 0. The van der Waals surface area contributed by atoms with Crippen LogP contribution < -0.4 is 0 Å². The largest absolute Gasteiger partial charge is 0.453 e. The van der Waals surface area contributed by atoms with Gasteiger partial charge in [0.15, 0.2) is 22.8 Å². The van der Waals surface area contributed by atoms with E-state index < -0.39 is 0 Å². The minimum absolute atomic E-state index is 0.282. The van der Waals surface area contributed by atoms with Crippen LogP contribution in [-0.4, -0.2) is 9.97 Å². The maximum atomic E-state index is 14.6. The Morgan fingerprint density at radius 1 is 0.257 bits per heavy atom. The lowest BCUT2D eigenvalue weighted by Crippen LogP contribution is -1.90. The SMILES string of the molecule is Fc1cccc2c1oc1cc(-c3cccc(-c4cccc(-c5ccc6c(c5)c5cc(-c7cccc(-c8cccc(-c9ccc%10c(c9)oc9c(F)cccc9%10)c8)c7)ccc5c5nccnc65)c4)c3)ccc12. The van der Waals surface area contributed by atoms with Crippen molar-refractivity contribution in [3.05, 3.63) is 230 Å². The normalized spacial score (nSPS) is 11.9. The fourth-order valence-electron chi connectivity index (χ4n) is 10.4. The molecule has 0 spiro atoms. The van der Waals surface area contributed by atoms with Crippen LogP contribution in [0.3, 0.4) is 0 Å². The third-order valence-electron chi connectivity index (χ3n) is 13.9. The van der Waals surface area contributed by atoms with Crippen LogP contribution in [0.4, 0.5) is 8.78 Å². The van der Waals surface area contributed by atoms with Crippen LogP contribution in [0.25, 0.3) is 143 Å². The molecule has 3 aromatic heterocycles. The molecule has 14 aromatic rings. The molecule has 0 aliphatic rings. The predicted octanol–water partition coefficient (Wildman–Crippen LogP) is 18.0. The van der Waals surface area contributed by atoms with Crippen LogP contribution in [0.5, 0.6) is 0 Å². The minimum Gasteiger partial charge on any atom is -0.453 e. The molecular weight excluding hydrogens is 867 g/mol. The zero-order valence-electron chi connectivity index (χ0n) is 37.3. The van der Waals surface area contributed by atoms with E-state index in [-0.39, 0.29) is 22.8 Å². The Balaban J connectivity index is 0.821. The van der Waals surface area contributed by atoms with Gasteiger partial charge in [-0.1, -0.05) is 133 Å². The topological polar surface area (TPSA) is 52.1 Å². The van der Waals surface area contributed by atoms with Crippen molar-refractivity contribution in [2.24, 2.45) is 0 Å². The molecule has 0 bridgehead atoms. The van der Waals surface area contributed by atoms with Crippen molar-refractivity contribution in [1.82, 2.24) is 9.97 Å². The predicted molar refractivity (Wildman–Crippen MR) is 282 cm³/mol. The molecule has 0 saturated heterocycles. The van der Waals surface area contributed by atoms with Crippen LogP contribution in [0.15, 0.2) is 227 Å². The van der Waals surface area contributed by atoms with E-state index in [4.69, 9.17) is 18.8 Å². The standard InChI is InChI=1S/C64H36F2N2O2/c65-57-17-5-15-53-49-23-19-47(35-59(49)69-63(53)57)43-13-3-9-39(31-43)37-7-1-11-41(29-37)45-21-25-51-55(33-45)56-34-46(22-26-52(56)62-61(51)67-27-28-68-62)42-12-2-8-38(30-42)40-10-4-14-44(32-40)48-20-24-50-54-16-6-18-58(66)64(54)70-60(50)36-48/h1-36H. The molecule has 3 heterocycles. The lowest BCUT2D eigenvalue weighted by Gasteiger charge is -2.13. The highest BCUT2D eigenvalue weighted by molar-refractivity contribution is 6.24. The van der Waals surface area contributed by atoms with Crippen LogP contribution >= 0.6 is 0 Å². The number of aromatic nitrogens is 2. The second-order valence-electron chi connectivity index (χ2n) is 18.0. The Morgan fingerprint density at radius 2 is 0.557 bits per heavy atom. The number of hydrogen-bond acceptors (Lipinski definition) is 4. The lowest BCUT2D eigenvalue weighted by molar-refractivity contribution is 0.584. The zero-order valence-corrected chi connectivity index (χ0v) is 37.3. The molecule has 0 unspecified atom stereocenters. The molecule has 6 heteroatoms. The summed E-state index contributed by atoms with van der Waals surface area (Å²) < 4.78 is 41.2. The first-order valence-corrected chi connectivity index (χ1v) is 23.2. The summed E-state index contributed by atoms with van der Waals surface area (Å²) in [4.78, 5) is 9.72. The van der Waals surface area contributed by atoms with Crippen LogP contribution in [-0.2, 0) is 0 Å². The summed E-state index contributed by atoms with van der Waals surface area (Å²) in [5, 5.41) is 7.62. The van der Waals surface area contributed by atoms with E-state index in [0.29, 0.717) is 11.2 Å². The van der Waals surface area contributed by atoms with Crippen molar-refractivity contribution in [3.63, 3.8) is 0 Å². The van der Waals surface area contributed by atoms with E-state index in [1.54, 1.807) is 24.5 Å². The average Bonchev–Trinajstić information content (AvgIpc) is 4.00. The molecule has 0 saturated carbocycles. The first-order valence-electron chi connectivity index (χ1n) is 23.2. The van der Waals surface area contributed by atoms with Gasteiger partial charge in [0.1, 0.15) is 11.2 Å². The molecule has 4 nitrogen and oxygen atoms in total. The second kappa shape index (κ2) is 15.7. The summed E-state index contributed by atoms with van der Waals surface area (Å²) in [6.07, 6.45) is 3.53. The van der Waals surface area contributed by atoms with E-state index in [1.165, 1.54) is 12.1 Å². The highest BCUT2D eigenvalue weighted by Gasteiger charge is 2.17. The van der Waals surface area contributed by atoms with Gasteiger partial charge >= 0.3 is 0 Å². The van der Waals surface area contributed by atoms with Crippen LogP contribution in [0, 0.1) is 11.6 Å². The summed E-state index contributed by atoms with van der Waals surface area (Å²) in [7, 11) is 0. The molecule has 14 rings (SSSR count).